The van der Waals surface area contributed by atoms with Crippen LogP contribution < -0.4 is 10.6 Å². The van der Waals surface area contributed by atoms with E-state index in [2.05, 4.69) is 45.3 Å². The predicted molar refractivity (Wildman–Crippen MR) is 106 cm³/mol. The van der Waals surface area contributed by atoms with Crippen molar-refractivity contribution >= 4 is 5.96 Å². The maximum atomic E-state index is 5.82. The van der Waals surface area contributed by atoms with Crippen molar-refractivity contribution in [3.63, 3.8) is 0 Å². The highest BCUT2D eigenvalue weighted by atomic mass is 16.5. The van der Waals surface area contributed by atoms with Gasteiger partial charge in [-0.25, -0.2) is 0 Å². The van der Waals surface area contributed by atoms with E-state index in [1.165, 1.54) is 6.42 Å². The van der Waals surface area contributed by atoms with Crippen LogP contribution in [0, 0.1) is 17.3 Å². The highest BCUT2D eigenvalue weighted by Crippen LogP contribution is 2.25. The molecule has 1 heterocycles. The fourth-order valence-electron chi connectivity index (χ4n) is 3.35. The number of ether oxygens (including phenoxy) is 2. The molecule has 148 valence electrons. The molecule has 1 fully saturated rings. The minimum atomic E-state index is 0.239. The standard InChI is InChI=1S/C20H41N3O2/c1-6-21-19(23-16-20(4,5)14-17(2)3)22-10-7-11-25-15-18-8-12-24-13-9-18/h17-18H,6-16H2,1-5H3,(H2,21,22,23). The Kier molecular flexibility index (Phi) is 11.1. The van der Waals surface area contributed by atoms with Crippen molar-refractivity contribution in [3.05, 3.63) is 0 Å². The molecule has 1 saturated heterocycles. The van der Waals surface area contributed by atoms with Crippen LogP contribution in [0.1, 0.15) is 60.3 Å². The number of nitrogens with zero attached hydrogens (tertiary/aromatic N) is 1. The fourth-order valence-corrected chi connectivity index (χ4v) is 3.35. The van der Waals surface area contributed by atoms with E-state index in [1.54, 1.807) is 0 Å². The van der Waals surface area contributed by atoms with E-state index in [1.807, 2.05) is 0 Å². The highest BCUT2D eigenvalue weighted by molar-refractivity contribution is 5.79. The van der Waals surface area contributed by atoms with E-state index in [4.69, 9.17) is 14.5 Å². The van der Waals surface area contributed by atoms with Gasteiger partial charge in [-0.2, -0.15) is 0 Å². The molecule has 0 radical (unpaired) electrons. The number of aliphatic imine (C=N–C) groups is 1. The van der Waals surface area contributed by atoms with Crippen molar-refractivity contribution < 1.29 is 9.47 Å². The third kappa shape index (κ3) is 11.4. The summed E-state index contributed by atoms with van der Waals surface area (Å²) in [5.41, 5.74) is 0.239. The first kappa shape index (κ1) is 22.2. The van der Waals surface area contributed by atoms with Gasteiger partial charge in [-0.1, -0.05) is 27.7 Å². The van der Waals surface area contributed by atoms with Crippen molar-refractivity contribution in [2.24, 2.45) is 22.2 Å². The number of hydrogen-bond donors (Lipinski definition) is 2. The molecule has 0 saturated carbocycles. The quantitative estimate of drug-likeness (QED) is 0.339. The molecule has 0 aliphatic carbocycles. The molecule has 5 nitrogen and oxygen atoms in total. The molecule has 2 N–H and O–H groups in total. The third-order valence-electron chi connectivity index (χ3n) is 4.42. The molecule has 0 atom stereocenters. The number of rotatable bonds is 11. The van der Waals surface area contributed by atoms with Gasteiger partial charge in [0.15, 0.2) is 5.96 Å². The molecule has 0 spiro atoms. The monoisotopic (exact) mass is 355 g/mol. The zero-order valence-corrected chi connectivity index (χ0v) is 17.2. The lowest BCUT2D eigenvalue weighted by Gasteiger charge is -2.25. The summed E-state index contributed by atoms with van der Waals surface area (Å²) in [6, 6.07) is 0. The lowest BCUT2D eigenvalue weighted by atomic mass is 9.84. The van der Waals surface area contributed by atoms with Gasteiger partial charge in [-0.15, -0.1) is 0 Å². The molecule has 1 aliphatic rings. The van der Waals surface area contributed by atoms with E-state index >= 15 is 0 Å². The lowest BCUT2D eigenvalue weighted by molar-refractivity contribution is 0.0203. The van der Waals surface area contributed by atoms with Gasteiger partial charge in [0.1, 0.15) is 0 Å². The Morgan fingerprint density at radius 2 is 1.96 bits per heavy atom. The molecule has 1 rings (SSSR count). The van der Waals surface area contributed by atoms with Crippen LogP contribution in [0.5, 0.6) is 0 Å². The number of hydrogen-bond acceptors (Lipinski definition) is 3. The molecule has 25 heavy (non-hydrogen) atoms. The molecule has 0 amide bonds. The summed E-state index contributed by atoms with van der Waals surface area (Å²) in [4.78, 5) is 4.77. The van der Waals surface area contributed by atoms with Gasteiger partial charge >= 0.3 is 0 Å². The molecule has 1 aliphatic heterocycles. The second kappa shape index (κ2) is 12.5. The Hall–Kier alpha value is -0.810. The van der Waals surface area contributed by atoms with E-state index in [-0.39, 0.29) is 5.41 Å². The molecular formula is C20H41N3O2. The molecule has 0 unspecified atom stereocenters. The summed E-state index contributed by atoms with van der Waals surface area (Å²) < 4.78 is 11.2. The van der Waals surface area contributed by atoms with Crippen LogP contribution >= 0.6 is 0 Å². The first-order valence-corrected chi connectivity index (χ1v) is 10.1. The topological polar surface area (TPSA) is 54.9 Å². The van der Waals surface area contributed by atoms with Crippen molar-refractivity contribution in [3.8, 4) is 0 Å². The van der Waals surface area contributed by atoms with Gasteiger partial charge in [0.25, 0.3) is 0 Å². The van der Waals surface area contributed by atoms with Crippen LogP contribution in [0.15, 0.2) is 4.99 Å². The minimum Gasteiger partial charge on any atom is -0.381 e. The maximum Gasteiger partial charge on any atom is 0.191 e. The second-order valence-electron chi connectivity index (χ2n) is 8.37. The van der Waals surface area contributed by atoms with Gasteiger partial charge in [-0.05, 0) is 49.9 Å². The normalized spacial score (nSPS) is 17.1. The predicted octanol–water partition coefficient (Wildman–Crippen LogP) is 3.45. The zero-order valence-electron chi connectivity index (χ0n) is 17.2. The summed E-state index contributed by atoms with van der Waals surface area (Å²) in [5, 5.41) is 6.76. The number of guanidine groups is 1. The maximum absolute atomic E-state index is 5.82. The average Bonchev–Trinajstić information content (AvgIpc) is 2.55. The largest absolute Gasteiger partial charge is 0.381 e. The summed E-state index contributed by atoms with van der Waals surface area (Å²) in [6.45, 7) is 17.3. The Labute approximate surface area is 155 Å². The zero-order chi connectivity index (χ0) is 18.5. The second-order valence-corrected chi connectivity index (χ2v) is 8.37. The van der Waals surface area contributed by atoms with Gasteiger partial charge in [-0.3, -0.25) is 4.99 Å². The molecule has 0 aromatic heterocycles. The molecule has 0 aromatic rings. The van der Waals surface area contributed by atoms with E-state index in [9.17, 15) is 0 Å². The Bertz CT molecular complexity index is 364. The minimum absolute atomic E-state index is 0.239. The Morgan fingerprint density at radius 1 is 1.24 bits per heavy atom. The van der Waals surface area contributed by atoms with E-state index in [0.29, 0.717) is 11.8 Å². The van der Waals surface area contributed by atoms with Crippen molar-refractivity contribution in [1.82, 2.24) is 10.6 Å². The molecular weight excluding hydrogens is 314 g/mol. The van der Waals surface area contributed by atoms with Crippen LogP contribution in [0.25, 0.3) is 0 Å². The van der Waals surface area contributed by atoms with Gasteiger partial charge < -0.3 is 20.1 Å². The van der Waals surface area contributed by atoms with Crippen LogP contribution in [-0.4, -0.2) is 52.0 Å². The van der Waals surface area contributed by atoms with E-state index < -0.39 is 0 Å². The molecule has 0 bridgehead atoms. The van der Waals surface area contributed by atoms with Crippen LogP contribution in [0.2, 0.25) is 0 Å². The van der Waals surface area contributed by atoms with Gasteiger partial charge in [0, 0.05) is 46.1 Å². The van der Waals surface area contributed by atoms with Crippen LogP contribution in [-0.2, 0) is 9.47 Å². The lowest BCUT2D eigenvalue weighted by Crippen LogP contribution is -2.39. The summed E-state index contributed by atoms with van der Waals surface area (Å²) in [7, 11) is 0. The smallest absolute Gasteiger partial charge is 0.191 e. The highest BCUT2D eigenvalue weighted by Gasteiger charge is 2.19. The van der Waals surface area contributed by atoms with Crippen LogP contribution in [0.3, 0.4) is 0 Å². The summed E-state index contributed by atoms with van der Waals surface area (Å²) in [6.07, 6.45) is 4.47. The molecule has 5 heteroatoms. The fraction of sp³-hybridized carbons (Fsp3) is 0.950. The Morgan fingerprint density at radius 3 is 2.60 bits per heavy atom. The van der Waals surface area contributed by atoms with Crippen LogP contribution in [0.4, 0.5) is 0 Å². The van der Waals surface area contributed by atoms with Gasteiger partial charge in [0.2, 0.25) is 0 Å². The first-order chi connectivity index (χ1) is 11.9. The number of nitrogens with one attached hydrogen (secondary N) is 2. The van der Waals surface area contributed by atoms with Crippen molar-refractivity contribution in [1.29, 1.82) is 0 Å². The summed E-state index contributed by atoms with van der Waals surface area (Å²) >= 11 is 0. The average molecular weight is 356 g/mol. The molecule has 0 aromatic carbocycles. The first-order valence-electron chi connectivity index (χ1n) is 10.1. The Balaban J connectivity index is 2.19. The SMILES string of the molecule is CCNC(=NCC(C)(C)CC(C)C)NCCCOCC1CCOCC1. The summed E-state index contributed by atoms with van der Waals surface area (Å²) in [5.74, 6) is 2.31. The van der Waals surface area contributed by atoms with E-state index in [0.717, 1.165) is 71.3 Å². The third-order valence-corrected chi connectivity index (χ3v) is 4.42. The van der Waals surface area contributed by atoms with Crippen molar-refractivity contribution in [2.45, 2.75) is 60.3 Å². The van der Waals surface area contributed by atoms with Crippen molar-refractivity contribution in [2.75, 3.05) is 46.1 Å². The van der Waals surface area contributed by atoms with Gasteiger partial charge in [0.05, 0.1) is 0 Å².